The number of rotatable bonds is 5. The largest absolute Gasteiger partial charge is 0.380 e. The summed E-state index contributed by atoms with van der Waals surface area (Å²) in [7, 11) is 1.68. The highest BCUT2D eigenvalue weighted by Crippen LogP contribution is 2.22. The molecule has 2 rings (SSSR count). The molecule has 1 saturated carbocycles. The van der Waals surface area contributed by atoms with Crippen LogP contribution in [0.5, 0.6) is 0 Å². The van der Waals surface area contributed by atoms with Crippen LogP contribution in [-0.4, -0.2) is 19.1 Å². The van der Waals surface area contributed by atoms with Gasteiger partial charge in [-0.1, -0.05) is 43.5 Å². The Morgan fingerprint density at radius 2 is 1.95 bits per heavy atom. The lowest BCUT2D eigenvalue weighted by molar-refractivity contribution is -0.126. The molecule has 2 unspecified atom stereocenters. The fraction of sp³-hybridized carbons (Fsp3) is 0.588. The summed E-state index contributed by atoms with van der Waals surface area (Å²) >= 11 is 0. The molecule has 116 valence electrons. The van der Waals surface area contributed by atoms with Gasteiger partial charge in [0.15, 0.2) is 0 Å². The lowest BCUT2D eigenvalue weighted by Gasteiger charge is -2.21. The van der Waals surface area contributed by atoms with Crippen molar-refractivity contribution in [1.82, 2.24) is 5.32 Å². The molecule has 2 atom stereocenters. The molecular formula is C17H26N2O2. The Balaban J connectivity index is 1.94. The second kappa shape index (κ2) is 8.15. The summed E-state index contributed by atoms with van der Waals surface area (Å²) in [6.07, 6.45) is 5.30. The zero-order chi connectivity index (χ0) is 15.1. The van der Waals surface area contributed by atoms with E-state index in [1.807, 2.05) is 24.3 Å². The lowest BCUT2D eigenvalue weighted by atomic mass is 9.94. The Labute approximate surface area is 127 Å². The van der Waals surface area contributed by atoms with E-state index in [1.165, 1.54) is 6.42 Å². The van der Waals surface area contributed by atoms with Crippen LogP contribution in [0.2, 0.25) is 0 Å². The van der Waals surface area contributed by atoms with Gasteiger partial charge in [-0.25, -0.2) is 0 Å². The fourth-order valence-corrected chi connectivity index (χ4v) is 3.00. The SMILES string of the molecule is COCc1ccccc1CNC(=O)C1CCCCCC1N. The summed E-state index contributed by atoms with van der Waals surface area (Å²) in [5.74, 6) is 0.0544. The number of hydrogen-bond acceptors (Lipinski definition) is 3. The van der Waals surface area contributed by atoms with Gasteiger partial charge in [0.1, 0.15) is 0 Å². The molecule has 21 heavy (non-hydrogen) atoms. The predicted octanol–water partition coefficient (Wildman–Crippen LogP) is 2.36. The van der Waals surface area contributed by atoms with Crippen molar-refractivity contribution in [2.75, 3.05) is 7.11 Å². The lowest BCUT2D eigenvalue weighted by Crippen LogP contribution is -2.41. The molecule has 1 amide bonds. The zero-order valence-corrected chi connectivity index (χ0v) is 12.8. The topological polar surface area (TPSA) is 64.3 Å². The van der Waals surface area contributed by atoms with Crippen molar-refractivity contribution in [3.63, 3.8) is 0 Å². The average molecular weight is 290 g/mol. The van der Waals surface area contributed by atoms with Crippen LogP contribution in [0, 0.1) is 5.92 Å². The maximum atomic E-state index is 12.4. The fourth-order valence-electron chi connectivity index (χ4n) is 3.00. The average Bonchev–Trinajstić information content (AvgIpc) is 2.71. The Morgan fingerprint density at radius 3 is 2.71 bits per heavy atom. The highest BCUT2D eigenvalue weighted by molar-refractivity contribution is 5.79. The summed E-state index contributed by atoms with van der Waals surface area (Å²) in [6, 6.07) is 8.03. The number of nitrogens with two attached hydrogens (primary N) is 1. The van der Waals surface area contributed by atoms with Crippen LogP contribution in [-0.2, 0) is 22.7 Å². The van der Waals surface area contributed by atoms with Crippen LogP contribution in [0.3, 0.4) is 0 Å². The van der Waals surface area contributed by atoms with E-state index < -0.39 is 0 Å². The molecule has 0 heterocycles. The van der Waals surface area contributed by atoms with Crippen molar-refractivity contribution in [1.29, 1.82) is 0 Å². The summed E-state index contributed by atoms with van der Waals surface area (Å²) in [4.78, 5) is 12.4. The Bertz CT molecular complexity index is 462. The Kier molecular flexibility index (Phi) is 6.21. The van der Waals surface area contributed by atoms with E-state index >= 15 is 0 Å². The second-order valence-corrected chi connectivity index (χ2v) is 5.83. The van der Waals surface area contributed by atoms with E-state index in [4.69, 9.17) is 10.5 Å². The number of nitrogens with one attached hydrogen (secondary N) is 1. The van der Waals surface area contributed by atoms with Crippen molar-refractivity contribution in [2.45, 2.75) is 51.3 Å². The quantitative estimate of drug-likeness (QED) is 0.818. The molecule has 0 spiro atoms. The van der Waals surface area contributed by atoms with Gasteiger partial charge in [0.05, 0.1) is 12.5 Å². The van der Waals surface area contributed by atoms with E-state index in [9.17, 15) is 4.79 Å². The van der Waals surface area contributed by atoms with Crippen molar-refractivity contribution in [3.05, 3.63) is 35.4 Å². The molecule has 0 aliphatic heterocycles. The van der Waals surface area contributed by atoms with Crippen molar-refractivity contribution in [2.24, 2.45) is 11.7 Å². The van der Waals surface area contributed by atoms with E-state index in [1.54, 1.807) is 7.11 Å². The number of hydrogen-bond donors (Lipinski definition) is 2. The van der Waals surface area contributed by atoms with E-state index in [0.29, 0.717) is 13.2 Å². The summed E-state index contributed by atoms with van der Waals surface area (Å²) < 4.78 is 5.19. The van der Waals surface area contributed by atoms with Gasteiger partial charge < -0.3 is 15.8 Å². The van der Waals surface area contributed by atoms with Gasteiger partial charge in [0, 0.05) is 19.7 Å². The van der Waals surface area contributed by atoms with Crippen LogP contribution in [0.1, 0.15) is 43.2 Å². The number of amides is 1. The first kappa shape index (κ1) is 16.0. The molecule has 0 bridgehead atoms. The van der Waals surface area contributed by atoms with Crippen LogP contribution in [0.4, 0.5) is 0 Å². The van der Waals surface area contributed by atoms with Crippen LogP contribution >= 0.6 is 0 Å². The second-order valence-electron chi connectivity index (χ2n) is 5.83. The van der Waals surface area contributed by atoms with Crippen LogP contribution in [0.25, 0.3) is 0 Å². The van der Waals surface area contributed by atoms with Gasteiger partial charge in [-0.15, -0.1) is 0 Å². The first-order chi connectivity index (χ1) is 10.2. The van der Waals surface area contributed by atoms with Gasteiger partial charge in [0.25, 0.3) is 0 Å². The minimum absolute atomic E-state index is 0.00159. The molecule has 1 aromatic rings. The minimum Gasteiger partial charge on any atom is -0.380 e. The molecule has 3 N–H and O–H groups in total. The highest BCUT2D eigenvalue weighted by atomic mass is 16.5. The molecule has 0 radical (unpaired) electrons. The van der Waals surface area contributed by atoms with E-state index in [0.717, 1.165) is 36.8 Å². The van der Waals surface area contributed by atoms with Gasteiger partial charge in [0.2, 0.25) is 5.91 Å². The molecule has 1 aliphatic carbocycles. The van der Waals surface area contributed by atoms with E-state index in [-0.39, 0.29) is 17.9 Å². The Hall–Kier alpha value is -1.39. The van der Waals surface area contributed by atoms with Crippen molar-refractivity contribution < 1.29 is 9.53 Å². The molecular weight excluding hydrogens is 264 g/mol. The predicted molar refractivity (Wildman–Crippen MR) is 83.6 cm³/mol. The first-order valence-electron chi connectivity index (χ1n) is 7.81. The highest BCUT2D eigenvalue weighted by Gasteiger charge is 2.26. The standard InChI is InChI=1S/C17H26N2O2/c1-21-12-14-8-6-5-7-13(14)11-19-17(20)15-9-3-2-4-10-16(15)18/h5-8,15-16H,2-4,9-12,18H2,1H3,(H,19,20). The molecule has 0 saturated heterocycles. The molecule has 4 nitrogen and oxygen atoms in total. The number of methoxy groups -OCH3 is 1. The first-order valence-corrected chi connectivity index (χ1v) is 7.81. The number of ether oxygens (including phenoxy) is 1. The summed E-state index contributed by atoms with van der Waals surface area (Å²) in [6.45, 7) is 1.11. The number of carbonyl (C=O) groups excluding carboxylic acids is 1. The normalized spacial score (nSPS) is 22.6. The molecule has 1 aliphatic rings. The molecule has 1 aromatic carbocycles. The third-order valence-electron chi connectivity index (χ3n) is 4.28. The maximum Gasteiger partial charge on any atom is 0.224 e. The monoisotopic (exact) mass is 290 g/mol. The van der Waals surface area contributed by atoms with Gasteiger partial charge in [-0.2, -0.15) is 0 Å². The Morgan fingerprint density at radius 1 is 1.24 bits per heavy atom. The van der Waals surface area contributed by atoms with Crippen molar-refractivity contribution >= 4 is 5.91 Å². The van der Waals surface area contributed by atoms with Gasteiger partial charge in [-0.3, -0.25) is 4.79 Å². The smallest absolute Gasteiger partial charge is 0.224 e. The van der Waals surface area contributed by atoms with Gasteiger partial charge in [-0.05, 0) is 24.0 Å². The third-order valence-corrected chi connectivity index (χ3v) is 4.28. The molecule has 0 aromatic heterocycles. The molecule has 1 fully saturated rings. The minimum atomic E-state index is -0.0397. The zero-order valence-electron chi connectivity index (χ0n) is 12.8. The van der Waals surface area contributed by atoms with Crippen LogP contribution < -0.4 is 11.1 Å². The maximum absolute atomic E-state index is 12.4. The van der Waals surface area contributed by atoms with E-state index in [2.05, 4.69) is 5.32 Å². The van der Waals surface area contributed by atoms with Crippen molar-refractivity contribution in [3.8, 4) is 0 Å². The van der Waals surface area contributed by atoms with Crippen LogP contribution in [0.15, 0.2) is 24.3 Å². The summed E-state index contributed by atoms with van der Waals surface area (Å²) in [5.41, 5.74) is 8.37. The number of benzene rings is 1. The summed E-state index contributed by atoms with van der Waals surface area (Å²) in [5, 5.41) is 3.05. The number of carbonyl (C=O) groups is 1. The van der Waals surface area contributed by atoms with Gasteiger partial charge >= 0.3 is 0 Å². The third kappa shape index (κ3) is 4.55. The molecule has 4 heteroatoms.